The molecule has 43 heavy (non-hydrogen) atoms. The molecule has 1 unspecified atom stereocenters. The third-order valence-corrected chi connectivity index (χ3v) is 7.75. The zero-order valence-corrected chi connectivity index (χ0v) is 26.0. The summed E-state index contributed by atoms with van der Waals surface area (Å²) in [5, 5.41) is 0. The fraction of sp³-hybridized carbons (Fsp3) is 0.375. The second kappa shape index (κ2) is 14.2. The van der Waals surface area contributed by atoms with Gasteiger partial charge in [0.2, 0.25) is 0 Å². The Balaban J connectivity index is 1.83. The molecule has 10 nitrogen and oxygen atoms in total. The van der Waals surface area contributed by atoms with E-state index in [9.17, 15) is 14.4 Å². The zero-order chi connectivity index (χ0) is 31.1. The van der Waals surface area contributed by atoms with Crippen molar-refractivity contribution in [2.45, 2.75) is 53.0 Å². The molecule has 3 aromatic rings. The monoisotopic (exact) mass is 608 g/mol. The number of ether oxygens (including phenoxy) is 5. The van der Waals surface area contributed by atoms with Gasteiger partial charge in [-0.15, -0.1) is 0 Å². The Morgan fingerprint density at radius 3 is 2.40 bits per heavy atom. The molecule has 228 valence electrons. The van der Waals surface area contributed by atoms with E-state index < -0.39 is 18.0 Å². The second-order valence-electron chi connectivity index (χ2n) is 9.77. The van der Waals surface area contributed by atoms with Gasteiger partial charge in [-0.25, -0.2) is 9.79 Å². The van der Waals surface area contributed by atoms with Gasteiger partial charge in [0.15, 0.2) is 27.8 Å². The van der Waals surface area contributed by atoms with Gasteiger partial charge in [0.25, 0.3) is 5.56 Å². The summed E-state index contributed by atoms with van der Waals surface area (Å²) in [4.78, 5) is 43.8. The Morgan fingerprint density at radius 1 is 1.00 bits per heavy atom. The summed E-state index contributed by atoms with van der Waals surface area (Å²) < 4.78 is 29.5. The number of fused-ring (bicyclic) bond motifs is 1. The summed E-state index contributed by atoms with van der Waals surface area (Å²) in [7, 11) is 3.02. The molecule has 11 heteroatoms. The lowest BCUT2D eigenvalue weighted by atomic mass is 9.95. The minimum absolute atomic E-state index is 0.154. The predicted octanol–water partition coefficient (Wildman–Crippen LogP) is 4.31. The van der Waals surface area contributed by atoms with Crippen LogP contribution in [0.3, 0.4) is 0 Å². The molecule has 4 rings (SSSR count). The van der Waals surface area contributed by atoms with E-state index in [2.05, 4.69) is 11.9 Å². The quantitative estimate of drug-likeness (QED) is 0.170. The smallest absolute Gasteiger partial charge is 0.338 e. The Kier molecular flexibility index (Phi) is 10.4. The van der Waals surface area contributed by atoms with E-state index in [4.69, 9.17) is 23.7 Å². The summed E-state index contributed by atoms with van der Waals surface area (Å²) in [5.74, 6) is 0.613. The number of aromatic nitrogens is 1. The molecule has 2 heterocycles. The lowest BCUT2D eigenvalue weighted by Crippen LogP contribution is -2.40. The molecule has 0 radical (unpaired) electrons. The Bertz CT molecular complexity index is 1720. The molecular formula is C32H36N2O8S. The van der Waals surface area contributed by atoms with Crippen LogP contribution >= 0.6 is 11.3 Å². The molecule has 1 aliphatic rings. The molecule has 1 aromatic heterocycles. The second-order valence-corrected chi connectivity index (χ2v) is 10.8. The summed E-state index contributed by atoms with van der Waals surface area (Å²) in [6, 6.07) is 9.55. The van der Waals surface area contributed by atoms with Gasteiger partial charge in [-0.2, -0.15) is 0 Å². The van der Waals surface area contributed by atoms with Crippen molar-refractivity contribution in [2.75, 3.05) is 27.4 Å². The third-order valence-electron chi connectivity index (χ3n) is 6.77. The molecular weight excluding hydrogens is 572 g/mol. The number of unbranched alkanes of at least 4 members (excludes halogenated alkanes) is 2. The van der Waals surface area contributed by atoms with E-state index in [1.165, 1.54) is 29.9 Å². The minimum atomic E-state index is -0.855. The minimum Gasteiger partial charge on any atom is -0.493 e. The molecule has 1 aliphatic heterocycles. The van der Waals surface area contributed by atoms with Crippen molar-refractivity contribution < 1.29 is 33.3 Å². The highest BCUT2D eigenvalue weighted by molar-refractivity contribution is 7.07. The fourth-order valence-electron chi connectivity index (χ4n) is 4.78. The van der Waals surface area contributed by atoms with Crippen molar-refractivity contribution in [1.82, 2.24) is 4.57 Å². The van der Waals surface area contributed by atoms with Crippen LogP contribution in [0.25, 0.3) is 6.08 Å². The molecule has 0 bridgehead atoms. The molecule has 0 N–H and O–H groups in total. The maximum Gasteiger partial charge on any atom is 0.338 e. The summed E-state index contributed by atoms with van der Waals surface area (Å²) in [5.41, 5.74) is 1.64. The van der Waals surface area contributed by atoms with Crippen molar-refractivity contribution in [1.29, 1.82) is 0 Å². The van der Waals surface area contributed by atoms with E-state index in [0.717, 1.165) is 24.8 Å². The van der Waals surface area contributed by atoms with Gasteiger partial charge >= 0.3 is 11.9 Å². The number of carbonyl (C=O) groups is 2. The maximum atomic E-state index is 14.0. The van der Waals surface area contributed by atoms with Crippen LogP contribution in [0.15, 0.2) is 57.5 Å². The molecule has 1 atom stereocenters. The van der Waals surface area contributed by atoms with E-state index >= 15 is 0 Å². The van der Waals surface area contributed by atoms with Crippen LogP contribution in [0.5, 0.6) is 23.0 Å². The highest BCUT2D eigenvalue weighted by Crippen LogP contribution is 2.36. The van der Waals surface area contributed by atoms with Crippen LogP contribution in [-0.2, 0) is 14.3 Å². The summed E-state index contributed by atoms with van der Waals surface area (Å²) in [6.07, 6.45) is 4.90. The van der Waals surface area contributed by atoms with Crippen LogP contribution in [0.1, 0.15) is 64.1 Å². The first kappa shape index (κ1) is 31.6. The highest BCUT2D eigenvalue weighted by Gasteiger charge is 2.34. The van der Waals surface area contributed by atoms with E-state index in [1.54, 1.807) is 45.2 Å². The van der Waals surface area contributed by atoms with E-state index in [-0.39, 0.29) is 29.2 Å². The molecule has 0 spiro atoms. The van der Waals surface area contributed by atoms with Crippen molar-refractivity contribution in [3.63, 3.8) is 0 Å². The van der Waals surface area contributed by atoms with Gasteiger partial charge in [-0.3, -0.25) is 14.2 Å². The lowest BCUT2D eigenvalue weighted by molar-refractivity contribution is -0.139. The number of methoxy groups -OCH3 is 2. The Morgan fingerprint density at radius 2 is 1.72 bits per heavy atom. The Hall–Kier alpha value is -4.38. The molecule has 0 fully saturated rings. The largest absolute Gasteiger partial charge is 0.493 e. The van der Waals surface area contributed by atoms with Gasteiger partial charge < -0.3 is 23.7 Å². The van der Waals surface area contributed by atoms with E-state index in [0.29, 0.717) is 38.7 Å². The normalized spacial score (nSPS) is 14.6. The number of esters is 2. The molecule has 0 saturated carbocycles. The van der Waals surface area contributed by atoms with Crippen molar-refractivity contribution in [3.05, 3.63) is 78.5 Å². The van der Waals surface area contributed by atoms with E-state index in [1.807, 2.05) is 18.2 Å². The maximum absolute atomic E-state index is 14.0. The van der Waals surface area contributed by atoms with Crippen molar-refractivity contribution in [3.8, 4) is 23.0 Å². The number of carbonyl (C=O) groups excluding carboxylic acids is 2. The number of hydrogen-bond acceptors (Lipinski definition) is 10. The fourth-order valence-corrected chi connectivity index (χ4v) is 5.83. The predicted molar refractivity (Wildman–Crippen MR) is 163 cm³/mol. The number of allylic oxidation sites excluding steroid dienone is 1. The standard InChI is InChI=1S/C32H36N2O8S/c1-7-9-10-15-41-23-13-11-21(16-25(23)38-5)17-27-30(36)34-29(22-12-14-24(42-20(4)35)26(18-22)39-6)28(31(37)40-8-2)19(3)33-32(34)43-27/h11-14,16-18,29H,7-10,15H2,1-6H3. The molecule has 0 aliphatic carbocycles. The van der Waals surface area contributed by atoms with Crippen LogP contribution in [-0.4, -0.2) is 43.9 Å². The first-order valence-corrected chi connectivity index (χ1v) is 14.9. The number of nitrogens with zero attached hydrogens (tertiary/aromatic N) is 2. The van der Waals surface area contributed by atoms with Crippen molar-refractivity contribution >= 4 is 29.4 Å². The van der Waals surface area contributed by atoms with Gasteiger partial charge in [0.1, 0.15) is 0 Å². The molecule has 0 saturated heterocycles. The topological polar surface area (TPSA) is 115 Å². The van der Waals surface area contributed by atoms with Crippen LogP contribution < -0.4 is 33.8 Å². The van der Waals surface area contributed by atoms with Gasteiger partial charge in [0.05, 0.1) is 49.3 Å². The van der Waals surface area contributed by atoms with Gasteiger partial charge in [0, 0.05) is 6.92 Å². The van der Waals surface area contributed by atoms with Gasteiger partial charge in [-0.05, 0) is 61.7 Å². The summed E-state index contributed by atoms with van der Waals surface area (Å²) in [6.45, 7) is 7.60. The third kappa shape index (κ3) is 6.99. The Labute approximate surface area is 253 Å². The molecule has 0 amide bonds. The van der Waals surface area contributed by atoms with Crippen LogP contribution in [0, 0.1) is 0 Å². The average molecular weight is 609 g/mol. The van der Waals surface area contributed by atoms with Crippen molar-refractivity contribution in [2.24, 2.45) is 4.99 Å². The van der Waals surface area contributed by atoms with Gasteiger partial charge in [-0.1, -0.05) is 43.2 Å². The zero-order valence-electron chi connectivity index (χ0n) is 25.2. The average Bonchev–Trinajstić information content (AvgIpc) is 3.28. The lowest BCUT2D eigenvalue weighted by Gasteiger charge is -2.25. The first-order chi connectivity index (χ1) is 20.7. The first-order valence-electron chi connectivity index (χ1n) is 14.1. The summed E-state index contributed by atoms with van der Waals surface area (Å²) >= 11 is 1.21. The van der Waals surface area contributed by atoms with Crippen LogP contribution in [0.2, 0.25) is 0 Å². The number of hydrogen-bond donors (Lipinski definition) is 0. The number of benzene rings is 2. The number of thiazole rings is 1. The SMILES string of the molecule is CCCCCOc1ccc(C=c2sc3n(c2=O)C(c2ccc(OC(C)=O)c(OC)c2)C(C(=O)OCC)=C(C)N=3)cc1OC. The number of rotatable bonds is 12. The molecule has 2 aromatic carbocycles. The van der Waals surface area contributed by atoms with Crippen LogP contribution in [0.4, 0.5) is 0 Å². The highest BCUT2D eigenvalue weighted by atomic mass is 32.1.